The molecule has 20 heavy (non-hydrogen) atoms. The summed E-state index contributed by atoms with van der Waals surface area (Å²) in [6, 6.07) is 1.88. The minimum Gasteiger partial charge on any atom is -0.326 e. The summed E-state index contributed by atoms with van der Waals surface area (Å²) in [6.07, 6.45) is 3.39. The molecule has 0 aromatic heterocycles. The lowest BCUT2D eigenvalue weighted by Gasteiger charge is -2.24. The monoisotopic (exact) mass is 304 g/mol. The Morgan fingerprint density at radius 1 is 1.30 bits per heavy atom. The van der Waals surface area contributed by atoms with Crippen LogP contribution < -0.4 is 5.73 Å². The summed E-state index contributed by atoms with van der Waals surface area (Å²) >= 11 is 0. The summed E-state index contributed by atoms with van der Waals surface area (Å²) < 4.78 is 53.4. The highest BCUT2D eigenvalue weighted by Gasteiger charge is 2.33. The molecule has 1 fully saturated rings. The quantitative estimate of drug-likeness (QED) is 0.925. The number of halogens is 2. The Balaban J connectivity index is 2.45. The minimum absolute atomic E-state index is 0.0487. The van der Waals surface area contributed by atoms with E-state index >= 15 is 0 Å². The first-order valence-corrected chi connectivity index (χ1v) is 7.98. The van der Waals surface area contributed by atoms with Crippen molar-refractivity contribution in [2.75, 3.05) is 7.05 Å². The summed E-state index contributed by atoms with van der Waals surface area (Å²) in [5.74, 6) is -2.53. The molecule has 0 spiro atoms. The third-order valence-corrected chi connectivity index (χ3v) is 5.70. The van der Waals surface area contributed by atoms with Crippen molar-refractivity contribution in [1.82, 2.24) is 4.31 Å². The van der Waals surface area contributed by atoms with Crippen LogP contribution >= 0.6 is 0 Å². The molecule has 0 saturated heterocycles. The van der Waals surface area contributed by atoms with Crippen molar-refractivity contribution in [3.05, 3.63) is 29.3 Å². The van der Waals surface area contributed by atoms with Crippen LogP contribution in [0.1, 0.15) is 31.2 Å². The van der Waals surface area contributed by atoms with E-state index in [1.54, 1.807) is 0 Å². The van der Waals surface area contributed by atoms with Crippen molar-refractivity contribution in [3.63, 3.8) is 0 Å². The van der Waals surface area contributed by atoms with Crippen LogP contribution in [0, 0.1) is 11.6 Å². The second kappa shape index (κ2) is 5.75. The van der Waals surface area contributed by atoms with Crippen LogP contribution in [-0.2, 0) is 16.6 Å². The van der Waals surface area contributed by atoms with E-state index in [0.717, 1.165) is 42.1 Å². The second-order valence-corrected chi connectivity index (χ2v) is 7.02. The fourth-order valence-corrected chi connectivity index (χ4v) is 4.08. The Hall–Kier alpha value is -1.05. The van der Waals surface area contributed by atoms with Gasteiger partial charge in [0, 0.05) is 19.6 Å². The minimum atomic E-state index is -4.05. The van der Waals surface area contributed by atoms with Crippen LogP contribution in [0.25, 0.3) is 0 Å². The zero-order valence-electron chi connectivity index (χ0n) is 11.3. The lowest BCUT2D eigenvalue weighted by molar-refractivity contribution is 0.369. The van der Waals surface area contributed by atoms with Crippen molar-refractivity contribution >= 4 is 10.0 Å². The standard InChI is InChI=1S/C13H18F2N2O2S/c1-17(10-4-2-3-5-10)20(18,19)12-7-9(8-16)6-11(14)13(12)15/h6-7,10H,2-5,8,16H2,1H3. The van der Waals surface area contributed by atoms with Gasteiger partial charge in [-0.3, -0.25) is 0 Å². The molecule has 1 aliphatic rings. The van der Waals surface area contributed by atoms with Gasteiger partial charge in [0.15, 0.2) is 11.6 Å². The molecule has 4 nitrogen and oxygen atoms in total. The van der Waals surface area contributed by atoms with Crippen molar-refractivity contribution < 1.29 is 17.2 Å². The highest BCUT2D eigenvalue weighted by molar-refractivity contribution is 7.89. The van der Waals surface area contributed by atoms with E-state index < -0.39 is 26.6 Å². The Morgan fingerprint density at radius 2 is 1.90 bits per heavy atom. The SMILES string of the molecule is CN(C1CCCC1)S(=O)(=O)c1cc(CN)cc(F)c1F. The Bertz CT molecular complexity index is 599. The molecule has 0 unspecified atom stereocenters. The zero-order chi connectivity index (χ0) is 14.9. The average Bonchev–Trinajstić information content (AvgIpc) is 2.94. The van der Waals surface area contributed by atoms with Gasteiger partial charge in [-0.15, -0.1) is 0 Å². The van der Waals surface area contributed by atoms with E-state index in [4.69, 9.17) is 5.73 Å². The number of benzene rings is 1. The Kier molecular flexibility index (Phi) is 4.41. The summed E-state index contributed by atoms with van der Waals surface area (Å²) in [5.41, 5.74) is 5.63. The van der Waals surface area contributed by atoms with E-state index in [-0.39, 0.29) is 18.2 Å². The van der Waals surface area contributed by atoms with E-state index in [2.05, 4.69) is 0 Å². The number of nitrogens with zero attached hydrogens (tertiary/aromatic N) is 1. The first-order chi connectivity index (χ1) is 9.37. The van der Waals surface area contributed by atoms with Crippen LogP contribution in [0.4, 0.5) is 8.78 Å². The molecule has 2 N–H and O–H groups in total. The molecule has 112 valence electrons. The number of hydrogen-bond donors (Lipinski definition) is 1. The smallest absolute Gasteiger partial charge is 0.246 e. The van der Waals surface area contributed by atoms with Gasteiger partial charge in [-0.05, 0) is 30.5 Å². The van der Waals surface area contributed by atoms with Gasteiger partial charge in [0.1, 0.15) is 4.90 Å². The van der Waals surface area contributed by atoms with Crippen molar-refractivity contribution in [2.45, 2.75) is 43.2 Å². The van der Waals surface area contributed by atoms with Crippen LogP contribution in [0.15, 0.2) is 17.0 Å². The molecule has 0 atom stereocenters. The number of nitrogens with two attached hydrogens (primary N) is 1. The molecule has 0 amide bonds. The molecule has 0 aliphatic heterocycles. The predicted molar refractivity (Wildman–Crippen MR) is 71.5 cm³/mol. The van der Waals surface area contributed by atoms with Gasteiger partial charge in [0.05, 0.1) is 0 Å². The maximum Gasteiger partial charge on any atom is 0.246 e. The maximum atomic E-state index is 13.8. The van der Waals surface area contributed by atoms with E-state index in [1.807, 2.05) is 0 Å². The second-order valence-electron chi connectivity index (χ2n) is 5.05. The van der Waals surface area contributed by atoms with Crippen molar-refractivity contribution in [1.29, 1.82) is 0 Å². The van der Waals surface area contributed by atoms with Crippen LogP contribution in [0.3, 0.4) is 0 Å². The number of hydrogen-bond acceptors (Lipinski definition) is 3. The summed E-state index contributed by atoms with van der Waals surface area (Å²) in [4.78, 5) is -0.632. The van der Waals surface area contributed by atoms with Crippen molar-refractivity contribution in [2.24, 2.45) is 5.73 Å². The zero-order valence-corrected chi connectivity index (χ0v) is 12.1. The van der Waals surface area contributed by atoms with Crippen LogP contribution in [0.5, 0.6) is 0 Å². The third kappa shape index (κ3) is 2.70. The lowest BCUT2D eigenvalue weighted by Crippen LogP contribution is -2.35. The maximum absolute atomic E-state index is 13.8. The van der Waals surface area contributed by atoms with Crippen LogP contribution in [0.2, 0.25) is 0 Å². The summed E-state index contributed by atoms with van der Waals surface area (Å²) in [7, 11) is -2.63. The molecule has 0 bridgehead atoms. The normalized spacial score (nSPS) is 17.1. The van der Waals surface area contributed by atoms with Gasteiger partial charge in [-0.25, -0.2) is 17.2 Å². The molecule has 0 radical (unpaired) electrons. The fourth-order valence-electron chi connectivity index (χ4n) is 2.54. The number of rotatable bonds is 4. The predicted octanol–water partition coefficient (Wildman–Crippen LogP) is 1.99. The van der Waals surface area contributed by atoms with Gasteiger partial charge in [-0.1, -0.05) is 12.8 Å². The van der Waals surface area contributed by atoms with E-state index in [9.17, 15) is 17.2 Å². The Morgan fingerprint density at radius 3 is 2.45 bits per heavy atom. The molecule has 2 rings (SSSR count). The highest BCUT2D eigenvalue weighted by atomic mass is 32.2. The molecular formula is C13H18F2N2O2S. The average molecular weight is 304 g/mol. The number of sulfonamides is 1. The molecular weight excluding hydrogens is 286 g/mol. The summed E-state index contributed by atoms with van der Waals surface area (Å²) in [5, 5.41) is 0. The Labute approximate surface area is 117 Å². The molecule has 1 aromatic rings. The van der Waals surface area contributed by atoms with Gasteiger partial charge >= 0.3 is 0 Å². The third-order valence-electron chi connectivity index (χ3n) is 3.79. The van der Waals surface area contributed by atoms with Gasteiger partial charge < -0.3 is 5.73 Å². The van der Waals surface area contributed by atoms with E-state index in [0.29, 0.717) is 0 Å². The van der Waals surface area contributed by atoms with Gasteiger partial charge in [0.25, 0.3) is 0 Å². The fraction of sp³-hybridized carbons (Fsp3) is 0.538. The van der Waals surface area contributed by atoms with Crippen LogP contribution in [-0.4, -0.2) is 25.8 Å². The topological polar surface area (TPSA) is 63.4 Å². The summed E-state index contributed by atoms with van der Waals surface area (Å²) in [6.45, 7) is -0.0487. The molecule has 0 heterocycles. The lowest BCUT2D eigenvalue weighted by atomic mass is 10.2. The first kappa shape index (κ1) is 15.3. The largest absolute Gasteiger partial charge is 0.326 e. The molecule has 1 aromatic carbocycles. The first-order valence-electron chi connectivity index (χ1n) is 6.54. The molecule has 7 heteroatoms. The van der Waals surface area contributed by atoms with Gasteiger partial charge in [-0.2, -0.15) is 4.31 Å². The molecule has 1 saturated carbocycles. The van der Waals surface area contributed by atoms with Crippen molar-refractivity contribution in [3.8, 4) is 0 Å². The molecule has 1 aliphatic carbocycles. The van der Waals surface area contributed by atoms with E-state index in [1.165, 1.54) is 7.05 Å². The van der Waals surface area contributed by atoms with Gasteiger partial charge in [0.2, 0.25) is 10.0 Å². The highest BCUT2D eigenvalue weighted by Crippen LogP contribution is 2.29.